The maximum atomic E-state index is 12.8. The summed E-state index contributed by atoms with van der Waals surface area (Å²) in [6.45, 7) is 8.54. The van der Waals surface area contributed by atoms with Crippen molar-refractivity contribution in [2.75, 3.05) is 19.6 Å². The fraction of sp³-hybridized carbons (Fsp3) is 0.941. The van der Waals surface area contributed by atoms with Gasteiger partial charge in [-0.3, -0.25) is 9.69 Å². The summed E-state index contributed by atoms with van der Waals surface area (Å²) < 4.78 is 0. The molecular weight excluding hydrogens is 264 g/mol. The van der Waals surface area contributed by atoms with E-state index < -0.39 is 0 Å². The molecule has 1 amide bonds. The number of hydrogen-bond acceptors (Lipinski definition) is 3. The Balaban J connectivity index is 1.92. The van der Waals surface area contributed by atoms with E-state index in [0.29, 0.717) is 12.6 Å². The summed E-state index contributed by atoms with van der Waals surface area (Å²) in [6, 6.07) is 0.729. The van der Waals surface area contributed by atoms with E-state index in [0.717, 1.165) is 19.5 Å². The second kappa shape index (κ2) is 7.59. The van der Waals surface area contributed by atoms with Gasteiger partial charge in [-0.05, 0) is 39.0 Å². The SMILES string of the molecule is CC1CN(CC(=O)N(C(C)C)C2CCCCC2)CCC1O. The van der Waals surface area contributed by atoms with Crippen molar-refractivity contribution < 1.29 is 9.90 Å². The highest BCUT2D eigenvalue weighted by molar-refractivity contribution is 5.79. The van der Waals surface area contributed by atoms with Crippen LogP contribution in [0.25, 0.3) is 0 Å². The minimum absolute atomic E-state index is 0.198. The summed E-state index contributed by atoms with van der Waals surface area (Å²) in [6.07, 6.45) is 6.76. The summed E-state index contributed by atoms with van der Waals surface area (Å²) in [5, 5.41) is 9.81. The maximum Gasteiger partial charge on any atom is 0.237 e. The third-order valence-electron chi connectivity index (χ3n) is 5.12. The number of rotatable bonds is 4. The molecule has 2 fully saturated rings. The summed E-state index contributed by atoms with van der Waals surface area (Å²) in [5.74, 6) is 0.550. The third-order valence-corrected chi connectivity index (χ3v) is 5.12. The molecule has 2 rings (SSSR count). The van der Waals surface area contributed by atoms with Crippen molar-refractivity contribution in [1.82, 2.24) is 9.80 Å². The highest BCUT2D eigenvalue weighted by Gasteiger charge is 2.31. The molecule has 2 atom stereocenters. The van der Waals surface area contributed by atoms with Crippen LogP contribution in [0.3, 0.4) is 0 Å². The number of aliphatic hydroxyl groups is 1. The zero-order chi connectivity index (χ0) is 15.4. The van der Waals surface area contributed by atoms with Crippen molar-refractivity contribution in [1.29, 1.82) is 0 Å². The van der Waals surface area contributed by atoms with Crippen LogP contribution >= 0.6 is 0 Å². The molecule has 0 aromatic carbocycles. The molecule has 1 aliphatic heterocycles. The van der Waals surface area contributed by atoms with Gasteiger partial charge in [0.2, 0.25) is 5.91 Å². The predicted molar refractivity (Wildman–Crippen MR) is 85.1 cm³/mol. The van der Waals surface area contributed by atoms with Gasteiger partial charge >= 0.3 is 0 Å². The topological polar surface area (TPSA) is 43.8 Å². The molecule has 2 unspecified atom stereocenters. The van der Waals surface area contributed by atoms with Crippen LogP contribution in [0, 0.1) is 5.92 Å². The lowest BCUT2D eigenvalue weighted by Crippen LogP contribution is -2.52. The molecule has 0 radical (unpaired) electrons. The van der Waals surface area contributed by atoms with Gasteiger partial charge in [-0.2, -0.15) is 0 Å². The fourth-order valence-corrected chi connectivity index (χ4v) is 3.91. The Morgan fingerprint density at radius 3 is 2.48 bits per heavy atom. The smallest absolute Gasteiger partial charge is 0.237 e. The summed E-state index contributed by atoms with van der Waals surface area (Å²) in [4.78, 5) is 17.1. The van der Waals surface area contributed by atoms with Gasteiger partial charge in [-0.25, -0.2) is 0 Å². The van der Waals surface area contributed by atoms with E-state index in [1.54, 1.807) is 0 Å². The number of carbonyl (C=O) groups excluding carboxylic acids is 1. The van der Waals surface area contributed by atoms with Gasteiger partial charge in [0.15, 0.2) is 0 Å². The molecule has 4 heteroatoms. The van der Waals surface area contributed by atoms with E-state index in [1.807, 2.05) is 0 Å². The molecule has 0 spiro atoms. The molecule has 21 heavy (non-hydrogen) atoms. The fourth-order valence-electron chi connectivity index (χ4n) is 3.91. The van der Waals surface area contributed by atoms with Crippen molar-refractivity contribution in [2.45, 2.75) is 77.5 Å². The second-order valence-electron chi connectivity index (χ2n) is 7.26. The minimum Gasteiger partial charge on any atom is -0.393 e. The lowest BCUT2D eigenvalue weighted by Gasteiger charge is -2.40. The molecule has 0 aromatic rings. The van der Waals surface area contributed by atoms with Crippen LogP contribution in [0.15, 0.2) is 0 Å². The van der Waals surface area contributed by atoms with Crippen LogP contribution in [0.4, 0.5) is 0 Å². The van der Waals surface area contributed by atoms with Gasteiger partial charge in [-0.1, -0.05) is 26.2 Å². The number of piperidine rings is 1. The Morgan fingerprint density at radius 1 is 1.24 bits per heavy atom. The van der Waals surface area contributed by atoms with E-state index in [9.17, 15) is 9.90 Å². The molecule has 0 aromatic heterocycles. The van der Waals surface area contributed by atoms with Crippen LogP contribution in [0.1, 0.15) is 59.3 Å². The van der Waals surface area contributed by atoms with Crippen molar-refractivity contribution in [3.63, 3.8) is 0 Å². The highest BCUT2D eigenvalue weighted by Crippen LogP contribution is 2.25. The Hall–Kier alpha value is -0.610. The largest absolute Gasteiger partial charge is 0.393 e. The Bertz CT molecular complexity index is 340. The first-order valence-electron chi connectivity index (χ1n) is 8.70. The number of carbonyl (C=O) groups is 1. The van der Waals surface area contributed by atoms with Gasteiger partial charge in [0.05, 0.1) is 12.6 Å². The number of aliphatic hydroxyl groups excluding tert-OH is 1. The first kappa shape index (κ1) is 16.8. The zero-order valence-corrected chi connectivity index (χ0v) is 13.9. The number of amides is 1. The van der Waals surface area contributed by atoms with Crippen LogP contribution in [0.5, 0.6) is 0 Å². The quantitative estimate of drug-likeness (QED) is 0.865. The molecule has 4 nitrogen and oxygen atoms in total. The van der Waals surface area contributed by atoms with Crippen molar-refractivity contribution in [3.8, 4) is 0 Å². The Kier molecular flexibility index (Phi) is 6.06. The maximum absolute atomic E-state index is 12.8. The molecule has 1 saturated carbocycles. The van der Waals surface area contributed by atoms with Gasteiger partial charge in [0, 0.05) is 25.2 Å². The first-order chi connectivity index (χ1) is 9.99. The molecule has 1 N–H and O–H groups in total. The Morgan fingerprint density at radius 2 is 1.90 bits per heavy atom. The summed E-state index contributed by atoms with van der Waals surface area (Å²) in [7, 11) is 0. The molecule has 1 heterocycles. The average Bonchev–Trinajstić information content (AvgIpc) is 2.44. The minimum atomic E-state index is -0.198. The van der Waals surface area contributed by atoms with E-state index in [-0.39, 0.29) is 24.0 Å². The Labute approximate surface area is 129 Å². The number of likely N-dealkylation sites (tertiary alicyclic amines) is 1. The van der Waals surface area contributed by atoms with E-state index >= 15 is 0 Å². The van der Waals surface area contributed by atoms with Crippen molar-refractivity contribution >= 4 is 5.91 Å². The van der Waals surface area contributed by atoms with E-state index in [1.165, 1.54) is 32.1 Å². The van der Waals surface area contributed by atoms with Gasteiger partial charge < -0.3 is 10.0 Å². The molecule has 0 bridgehead atoms. The third kappa shape index (κ3) is 4.43. The van der Waals surface area contributed by atoms with Gasteiger partial charge in [0.25, 0.3) is 0 Å². The molecule has 1 saturated heterocycles. The molecular formula is C17H32N2O2. The van der Waals surface area contributed by atoms with Crippen LogP contribution in [-0.4, -0.2) is 58.6 Å². The van der Waals surface area contributed by atoms with Crippen LogP contribution in [-0.2, 0) is 4.79 Å². The second-order valence-corrected chi connectivity index (χ2v) is 7.26. The van der Waals surface area contributed by atoms with Crippen molar-refractivity contribution in [2.24, 2.45) is 5.92 Å². The predicted octanol–water partition coefficient (Wildman–Crippen LogP) is 2.26. The number of hydrogen-bond donors (Lipinski definition) is 1. The lowest BCUT2D eigenvalue weighted by atomic mass is 9.93. The van der Waals surface area contributed by atoms with Gasteiger partial charge in [-0.15, -0.1) is 0 Å². The first-order valence-corrected chi connectivity index (χ1v) is 8.70. The highest BCUT2D eigenvalue weighted by atomic mass is 16.3. The van der Waals surface area contributed by atoms with Crippen molar-refractivity contribution in [3.05, 3.63) is 0 Å². The standard InChI is InChI=1S/C17H32N2O2/c1-13(2)19(15-7-5-4-6-8-15)17(21)12-18-10-9-16(20)14(3)11-18/h13-16,20H,4-12H2,1-3H3. The molecule has 2 aliphatic rings. The lowest BCUT2D eigenvalue weighted by molar-refractivity contribution is -0.138. The van der Waals surface area contributed by atoms with E-state index in [4.69, 9.17) is 0 Å². The molecule has 122 valence electrons. The average molecular weight is 296 g/mol. The zero-order valence-electron chi connectivity index (χ0n) is 13.9. The monoisotopic (exact) mass is 296 g/mol. The molecule has 1 aliphatic carbocycles. The summed E-state index contributed by atoms with van der Waals surface area (Å²) >= 11 is 0. The number of nitrogens with zero attached hydrogens (tertiary/aromatic N) is 2. The van der Waals surface area contributed by atoms with E-state index in [2.05, 4.69) is 30.6 Å². The normalized spacial score (nSPS) is 28.8. The summed E-state index contributed by atoms with van der Waals surface area (Å²) in [5.41, 5.74) is 0. The van der Waals surface area contributed by atoms with Crippen LogP contribution < -0.4 is 0 Å². The van der Waals surface area contributed by atoms with Crippen LogP contribution in [0.2, 0.25) is 0 Å². The van der Waals surface area contributed by atoms with Gasteiger partial charge in [0.1, 0.15) is 0 Å².